The van der Waals surface area contributed by atoms with Gasteiger partial charge in [-0.05, 0) is 47.5 Å². The average Bonchev–Trinajstić information content (AvgIpc) is 3.29. The summed E-state index contributed by atoms with van der Waals surface area (Å²) in [5.41, 5.74) is 4.48. The summed E-state index contributed by atoms with van der Waals surface area (Å²) in [4.78, 5) is 10.8. The summed E-state index contributed by atoms with van der Waals surface area (Å²) in [5.74, 6) is 0. The molecular weight excluding hydrogens is 276 g/mol. The van der Waals surface area contributed by atoms with Crippen LogP contribution in [-0.4, -0.2) is 13.1 Å². The number of nitrogens with zero attached hydrogens (tertiary/aromatic N) is 2. The van der Waals surface area contributed by atoms with Crippen molar-refractivity contribution >= 4 is 11.4 Å². The summed E-state index contributed by atoms with van der Waals surface area (Å²) in [6.07, 6.45) is 7.40. The van der Waals surface area contributed by atoms with Crippen LogP contribution in [0, 0.1) is 0 Å². The zero-order valence-corrected chi connectivity index (χ0v) is 12.1. The van der Waals surface area contributed by atoms with Crippen LogP contribution >= 0.6 is 0 Å². The molecule has 2 aliphatic rings. The SMILES string of the molecule is C1=CON(c2ccc(-c3ccc(N4CC=CO4)cc3)cc2)C1. The first kappa shape index (κ1) is 12.8. The Kier molecular flexibility index (Phi) is 3.20. The Hall–Kier alpha value is -2.88. The highest BCUT2D eigenvalue weighted by Gasteiger charge is 2.11. The Bertz CT molecular complexity index is 625. The Morgan fingerprint density at radius 1 is 0.591 bits per heavy atom. The van der Waals surface area contributed by atoms with Gasteiger partial charge in [0.25, 0.3) is 0 Å². The summed E-state index contributed by atoms with van der Waals surface area (Å²) in [7, 11) is 0. The maximum Gasteiger partial charge on any atom is 0.117 e. The van der Waals surface area contributed by atoms with E-state index in [0.29, 0.717) is 0 Å². The number of hydroxylamine groups is 2. The zero-order chi connectivity index (χ0) is 14.8. The van der Waals surface area contributed by atoms with Crippen LogP contribution in [-0.2, 0) is 9.68 Å². The topological polar surface area (TPSA) is 24.9 Å². The second kappa shape index (κ2) is 5.48. The number of rotatable bonds is 3. The lowest BCUT2D eigenvalue weighted by Gasteiger charge is -2.17. The van der Waals surface area contributed by atoms with E-state index in [0.717, 1.165) is 24.5 Å². The maximum atomic E-state index is 5.38. The number of hydrogen-bond acceptors (Lipinski definition) is 4. The molecule has 2 heterocycles. The van der Waals surface area contributed by atoms with Crippen molar-refractivity contribution in [2.45, 2.75) is 0 Å². The standard InChI is InChI=1S/C18H16N2O2/c1-11-19(21-13-1)17-7-3-15(4-8-17)16-5-9-18(10-6-16)20-12-2-14-22-20/h1-10,13-14H,11-12H2. The molecule has 2 aromatic carbocycles. The molecule has 0 fully saturated rings. The first-order chi connectivity index (χ1) is 10.9. The van der Waals surface area contributed by atoms with E-state index in [1.165, 1.54) is 11.1 Å². The van der Waals surface area contributed by atoms with Crippen molar-refractivity contribution in [3.8, 4) is 11.1 Å². The Morgan fingerprint density at radius 3 is 1.32 bits per heavy atom. The van der Waals surface area contributed by atoms with Crippen LogP contribution in [0.4, 0.5) is 11.4 Å². The molecule has 0 aromatic heterocycles. The fraction of sp³-hybridized carbons (Fsp3) is 0.111. The van der Waals surface area contributed by atoms with E-state index < -0.39 is 0 Å². The molecular formula is C18H16N2O2. The molecule has 0 bridgehead atoms. The van der Waals surface area contributed by atoms with Gasteiger partial charge < -0.3 is 9.68 Å². The molecule has 0 radical (unpaired) electrons. The minimum absolute atomic E-state index is 0.790. The summed E-state index contributed by atoms with van der Waals surface area (Å²) in [6, 6.07) is 16.7. The third-order valence-corrected chi connectivity index (χ3v) is 3.76. The van der Waals surface area contributed by atoms with Crippen molar-refractivity contribution in [3.05, 3.63) is 73.2 Å². The molecule has 0 N–H and O–H groups in total. The summed E-state index contributed by atoms with van der Waals surface area (Å²) < 4.78 is 0. The molecule has 0 spiro atoms. The maximum absolute atomic E-state index is 5.38. The van der Waals surface area contributed by atoms with E-state index in [9.17, 15) is 0 Å². The highest BCUT2D eigenvalue weighted by Crippen LogP contribution is 2.27. The molecule has 4 rings (SSSR count). The van der Waals surface area contributed by atoms with Gasteiger partial charge in [-0.3, -0.25) is 0 Å². The third-order valence-electron chi connectivity index (χ3n) is 3.76. The van der Waals surface area contributed by atoms with Crippen molar-refractivity contribution < 1.29 is 9.68 Å². The molecule has 110 valence electrons. The number of hydrogen-bond donors (Lipinski definition) is 0. The predicted molar refractivity (Wildman–Crippen MR) is 87.0 cm³/mol. The van der Waals surface area contributed by atoms with Crippen LogP contribution < -0.4 is 10.1 Å². The minimum atomic E-state index is 0.790. The van der Waals surface area contributed by atoms with E-state index in [4.69, 9.17) is 9.68 Å². The van der Waals surface area contributed by atoms with Gasteiger partial charge >= 0.3 is 0 Å². The second-order valence-electron chi connectivity index (χ2n) is 5.17. The van der Waals surface area contributed by atoms with Crippen molar-refractivity contribution in [1.29, 1.82) is 0 Å². The second-order valence-corrected chi connectivity index (χ2v) is 5.17. The van der Waals surface area contributed by atoms with Crippen LogP contribution in [0.5, 0.6) is 0 Å². The Balaban J connectivity index is 1.51. The van der Waals surface area contributed by atoms with Crippen molar-refractivity contribution in [2.75, 3.05) is 23.2 Å². The molecule has 0 saturated heterocycles. The number of benzene rings is 2. The first-order valence-corrected chi connectivity index (χ1v) is 7.29. The van der Waals surface area contributed by atoms with Crippen LogP contribution in [0.25, 0.3) is 11.1 Å². The van der Waals surface area contributed by atoms with Crippen molar-refractivity contribution in [2.24, 2.45) is 0 Å². The van der Waals surface area contributed by atoms with Crippen LogP contribution in [0.1, 0.15) is 0 Å². The van der Waals surface area contributed by atoms with Crippen LogP contribution in [0.15, 0.2) is 73.2 Å². The molecule has 2 aliphatic heterocycles. The summed E-state index contributed by atoms with van der Waals surface area (Å²) >= 11 is 0. The minimum Gasteiger partial charge on any atom is -0.387 e. The van der Waals surface area contributed by atoms with Crippen molar-refractivity contribution in [1.82, 2.24) is 0 Å². The number of anilines is 2. The van der Waals surface area contributed by atoms with Gasteiger partial charge in [0, 0.05) is 0 Å². The van der Waals surface area contributed by atoms with E-state index >= 15 is 0 Å². The largest absolute Gasteiger partial charge is 0.387 e. The zero-order valence-electron chi connectivity index (χ0n) is 12.1. The highest BCUT2D eigenvalue weighted by molar-refractivity contribution is 5.68. The lowest BCUT2D eigenvalue weighted by atomic mass is 10.0. The van der Waals surface area contributed by atoms with Gasteiger partial charge in [-0.25, -0.2) is 10.1 Å². The smallest absolute Gasteiger partial charge is 0.117 e. The van der Waals surface area contributed by atoms with Gasteiger partial charge in [0.15, 0.2) is 0 Å². The normalized spacial score (nSPS) is 16.0. The third kappa shape index (κ3) is 2.39. The summed E-state index contributed by atoms with van der Waals surface area (Å²) in [6.45, 7) is 1.58. The van der Waals surface area contributed by atoms with Crippen LogP contribution in [0.3, 0.4) is 0 Å². The molecule has 2 aromatic rings. The van der Waals surface area contributed by atoms with Gasteiger partial charge in [-0.15, -0.1) is 0 Å². The van der Waals surface area contributed by atoms with E-state index in [1.807, 2.05) is 22.3 Å². The fourth-order valence-electron chi connectivity index (χ4n) is 2.57. The molecule has 0 saturated carbocycles. The molecule has 4 nitrogen and oxygen atoms in total. The van der Waals surface area contributed by atoms with Crippen LogP contribution in [0.2, 0.25) is 0 Å². The quantitative estimate of drug-likeness (QED) is 0.857. The van der Waals surface area contributed by atoms with Gasteiger partial charge in [-0.1, -0.05) is 24.3 Å². The molecule has 0 unspecified atom stereocenters. The van der Waals surface area contributed by atoms with E-state index in [2.05, 4.69) is 48.5 Å². The molecule has 4 heteroatoms. The Morgan fingerprint density at radius 2 is 1.00 bits per heavy atom. The summed E-state index contributed by atoms with van der Waals surface area (Å²) in [5, 5.41) is 3.70. The monoisotopic (exact) mass is 292 g/mol. The first-order valence-electron chi connectivity index (χ1n) is 7.29. The van der Waals surface area contributed by atoms with Gasteiger partial charge in [-0.2, -0.15) is 0 Å². The van der Waals surface area contributed by atoms with E-state index in [-0.39, 0.29) is 0 Å². The van der Waals surface area contributed by atoms with Gasteiger partial charge in [0.1, 0.15) is 12.5 Å². The molecule has 0 aliphatic carbocycles. The van der Waals surface area contributed by atoms with E-state index in [1.54, 1.807) is 12.5 Å². The fourth-order valence-corrected chi connectivity index (χ4v) is 2.57. The molecule has 0 atom stereocenters. The van der Waals surface area contributed by atoms with Gasteiger partial charge in [0.2, 0.25) is 0 Å². The lowest BCUT2D eigenvalue weighted by molar-refractivity contribution is 0.246. The molecule has 0 amide bonds. The predicted octanol–water partition coefficient (Wildman–Crippen LogP) is 3.88. The van der Waals surface area contributed by atoms with Crippen molar-refractivity contribution in [3.63, 3.8) is 0 Å². The molecule has 22 heavy (non-hydrogen) atoms. The Labute approximate surface area is 129 Å². The van der Waals surface area contributed by atoms with Gasteiger partial charge in [0.05, 0.1) is 24.5 Å². The lowest BCUT2D eigenvalue weighted by Crippen LogP contribution is -2.16. The average molecular weight is 292 g/mol. The highest BCUT2D eigenvalue weighted by atomic mass is 16.7.